The predicted octanol–water partition coefficient (Wildman–Crippen LogP) is 27.5. The van der Waals surface area contributed by atoms with Crippen LogP contribution < -0.4 is 56.5 Å². The molecule has 3 aromatic heterocycles. The lowest BCUT2D eigenvalue weighted by molar-refractivity contribution is 0.374. The molecule has 14 aromatic carbocycles. The zero-order valence-electron chi connectivity index (χ0n) is 79.3. The van der Waals surface area contributed by atoms with Crippen LogP contribution in [0.1, 0.15) is 226 Å². The Morgan fingerprint density at radius 3 is 1.19 bits per heavy atom. The summed E-state index contributed by atoms with van der Waals surface area (Å²) in [6.45, 7) is 54.0. The molecule has 640 valence electrons. The minimum absolute atomic E-state index is 0.0288. The summed E-state index contributed by atoms with van der Waals surface area (Å²) in [5, 5.41) is 7.68. The second-order valence-electron chi connectivity index (χ2n) is 46.0. The average molecular weight is 1690 g/mol. The number of hydrogen-bond donors (Lipinski definition) is 0. The zero-order valence-corrected chi connectivity index (χ0v) is 79.3. The molecule has 0 N–H and O–H groups in total. The number of fused-ring (bicyclic) bond motifs is 21. The maximum Gasteiger partial charge on any atom is 0.336 e. The van der Waals surface area contributed by atoms with Crippen LogP contribution in [0.5, 0.6) is 57.5 Å². The molecule has 0 bridgehead atoms. The number of nitrogens with zero attached hydrogens (tertiary/aromatic N) is 3. The molecule has 0 radical (unpaired) electrons. The van der Waals surface area contributed by atoms with Gasteiger partial charge >= 0.3 is 20.5 Å². The van der Waals surface area contributed by atoms with Crippen LogP contribution in [0.25, 0.3) is 98.8 Å². The van der Waals surface area contributed by atoms with Crippen molar-refractivity contribution in [3.8, 4) is 90.9 Å². The van der Waals surface area contributed by atoms with Crippen molar-refractivity contribution in [3.63, 3.8) is 0 Å². The molecular weight excluding hydrogens is 1570 g/mol. The van der Waals surface area contributed by atoms with Gasteiger partial charge in [-0.2, -0.15) is 0 Å². The molecule has 23 rings (SSSR count). The van der Waals surface area contributed by atoms with Gasteiger partial charge in [0.05, 0.1) is 0 Å². The number of aryl methyl sites for hydroxylation is 1. The topological polar surface area (TPSA) is 60.9 Å². The third-order valence-corrected chi connectivity index (χ3v) is 30.0. The Morgan fingerprint density at radius 1 is 0.279 bits per heavy atom. The third-order valence-electron chi connectivity index (χ3n) is 30.0. The van der Waals surface area contributed by atoms with Crippen molar-refractivity contribution >= 4 is 119 Å². The molecule has 8 nitrogen and oxygen atoms in total. The SMILES string of the molecule is Cc1cc2c3c(c1)c1cc(Cc4c(C(C)(C)C)ccc5c4Oc4cc(C(C)(C)C)cc6c4B5n4c5ccc(C(C)(C)C)cc5c5cc(C(C)(C)C)cc-6c54)ccc1n3B1c3ccc(C(C)(C)CCC(C)(C)c4ccc5c(c4)c4cc(C(C)(C)C)cc6c4n5B4c5ccc(Oc7ccccc7)cc5Oc5cc(Oc7ccccc7)cc-6c54)cc3Oc3cc(C(C)(C)C)cc-2c31. The molecule has 0 amide bonds. The third kappa shape index (κ3) is 12.6. The Bertz CT molecular complexity index is 7760. The molecule has 9 heterocycles. The van der Waals surface area contributed by atoms with Crippen molar-refractivity contribution < 1.29 is 23.7 Å². The van der Waals surface area contributed by atoms with Crippen molar-refractivity contribution in [1.29, 1.82) is 0 Å². The van der Waals surface area contributed by atoms with E-state index in [9.17, 15) is 0 Å². The summed E-state index contributed by atoms with van der Waals surface area (Å²) < 4.78 is 43.9. The Kier molecular flexibility index (Phi) is 17.2. The predicted molar refractivity (Wildman–Crippen MR) is 544 cm³/mol. The number of ether oxygens (including phenoxy) is 5. The van der Waals surface area contributed by atoms with E-state index in [1.54, 1.807) is 0 Å². The van der Waals surface area contributed by atoms with Crippen LogP contribution in [-0.2, 0) is 49.7 Å². The van der Waals surface area contributed by atoms with Crippen molar-refractivity contribution in [3.05, 3.63) is 298 Å². The smallest absolute Gasteiger partial charge is 0.336 e. The first-order valence-electron chi connectivity index (χ1n) is 46.9. The molecule has 11 heteroatoms. The zero-order chi connectivity index (χ0) is 89.7. The van der Waals surface area contributed by atoms with Gasteiger partial charge in [0.15, 0.2) is 0 Å². The maximum absolute atomic E-state index is 7.86. The maximum atomic E-state index is 7.86. The number of para-hydroxylation sites is 2. The highest BCUT2D eigenvalue weighted by atomic mass is 16.5. The Hall–Kier alpha value is -12.3. The second-order valence-corrected chi connectivity index (χ2v) is 46.0. The van der Waals surface area contributed by atoms with Crippen LogP contribution in [0.3, 0.4) is 0 Å². The molecule has 0 unspecified atom stereocenters. The molecule has 0 aliphatic carbocycles. The molecule has 0 atom stereocenters. The van der Waals surface area contributed by atoms with Crippen LogP contribution in [-0.4, -0.2) is 34.0 Å². The lowest BCUT2D eigenvalue weighted by Gasteiger charge is -2.37. The lowest BCUT2D eigenvalue weighted by atomic mass is 9.45. The monoisotopic (exact) mass is 1690 g/mol. The van der Waals surface area contributed by atoms with Gasteiger partial charge in [-0.15, -0.1) is 0 Å². The molecule has 17 aromatic rings. The van der Waals surface area contributed by atoms with Crippen molar-refractivity contribution in [2.45, 2.75) is 222 Å². The summed E-state index contributed by atoms with van der Waals surface area (Å²) in [7, 11) is 0. The number of benzene rings is 14. The van der Waals surface area contributed by atoms with Crippen LogP contribution >= 0.6 is 0 Å². The van der Waals surface area contributed by atoms with E-state index in [1.165, 1.54) is 176 Å². The second kappa shape index (κ2) is 27.4. The molecule has 129 heavy (non-hydrogen) atoms. The Labute approximate surface area is 761 Å². The Morgan fingerprint density at radius 2 is 0.659 bits per heavy atom. The van der Waals surface area contributed by atoms with Gasteiger partial charge < -0.3 is 37.1 Å². The van der Waals surface area contributed by atoms with Crippen LogP contribution in [0.15, 0.2) is 237 Å². The first-order chi connectivity index (χ1) is 61.1. The van der Waals surface area contributed by atoms with E-state index in [2.05, 4.69) is 349 Å². The highest BCUT2D eigenvalue weighted by Gasteiger charge is 2.49. The lowest BCUT2D eigenvalue weighted by Crippen LogP contribution is -2.54. The normalized spacial score (nSPS) is 14.2. The molecule has 6 aliphatic heterocycles. The minimum Gasteiger partial charge on any atom is -0.458 e. The molecule has 0 saturated heterocycles. The van der Waals surface area contributed by atoms with E-state index in [0.29, 0.717) is 12.2 Å². The van der Waals surface area contributed by atoms with Gasteiger partial charge in [0, 0.05) is 123 Å². The number of aromatic nitrogens is 3. The fourth-order valence-corrected chi connectivity index (χ4v) is 22.6. The molecule has 0 fully saturated rings. The fourth-order valence-electron chi connectivity index (χ4n) is 22.6. The first kappa shape index (κ1) is 81.2. The van der Waals surface area contributed by atoms with Crippen molar-refractivity contribution in [2.75, 3.05) is 0 Å². The number of rotatable bonds is 11. The van der Waals surface area contributed by atoms with Gasteiger partial charge in [0.1, 0.15) is 57.5 Å². The Balaban J connectivity index is 0.615. The van der Waals surface area contributed by atoms with Crippen molar-refractivity contribution in [2.24, 2.45) is 0 Å². The van der Waals surface area contributed by atoms with E-state index >= 15 is 0 Å². The van der Waals surface area contributed by atoms with Gasteiger partial charge in [-0.25, -0.2) is 0 Å². The first-order valence-corrected chi connectivity index (χ1v) is 46.9. The molecule has 0 saturated carbocycles. The van der Waals surface area contributed by atoms with Gasteiger partial charge in [-0.05, 0) is 279 Å². The average Bonchev–Trinajstić information content (AvgIpc) is 1.59. The molecule has 0 spiro atoms. The highest BCUT2D eigenvalue weighted by molar-refractivity contribution is 6.90. The van der Waals surface area contributed by atoms with E-state index in [-0.39, 0.29) is 63.9 Å². The number of hydrogen-bond acceptors (Lipinski definition) is 5. The standard InChI is InChI=1S/C118H114B3N3O5/c1-66-48-85-79-50-67(51-91-92(116(17,18)19)39-42-95-110(91)129-102-62-74(115(14,15)16)55-83-89-58-71(112(5,6)7)56-87-80-52-68(111(2,3)4)36-44-97(80)124(108(87)89)121(95)105(83)102)34-43-96(79)122-107(85)86(49-66)82-54-73(114(11,12)13)61-101-104(82)119(122)93-40-35-70(60-99(93)127-101)118(22,23)47-46-117(20,21)69-37-45-98-81(53-69)88-57-72(113(8,9)10)59-90-84-63-78(126-76-32-28-25-29-33-76)65-103-106(84)120(123(98)109(88)90)94-41-38-77(64-100(94)128-103)125-75-30-26-24-27-31-75/h24-45,48-50,52-65H,46-47,51H2,1-23H3. The summed E-state index contributed by atoms with van der Waals surface area (Å²) >= 11 is 0. The summed E-state index contributed by atoms with van der Waals surface area (Å²) in [5.41, 5.74) is 34.9. The van der Waals surface area contributed by atoms with E-state index < -0.39 is 0 Å². The minimum atomic E-state index is -0.241. The van der Waals surface area contributed by atoms with E-state index in [4.69, 9.17) is 23.7 Å². The van der Waals surface area contributed by atoms with E-state index in [1.807, 2.05) is 60.7 Å². The fraction of sp³-hybridized carbons (Fsp3) is 0.288. The van der Waals surface area contributed by atoms with Gasteiger partial charge in [-0.1, -0.05) is 249 Å². The van der Waals surface area contributed by atoms with Gasteiger partial charge in [-0.3, -0.25) is 0 Å². The van der Waals surface area contributed by atoms with Gasteiger partial charge in [0.25, 0.3) is 0 Å². The van der Waals surface area contributed by atoms with Crippen LogP contribution in [0.2, 0.25) is 0 Å². The van der Waals surface area contributed by atoms with E-state index in [0.717, 1.165) is 81.1 Å². The summed E-state index contributed by atoms with van der Waals surface area (Å²) in [6.07, 6.45) is 2.57. The summed E-state index contributed by atoms with van der Waals surface area (Å²) in [6, 6.07) is 89.7. The summed E-state index contributed by atoms with van der Waals surface area (Å²) in [4.78, 5) is 0. The quantitative estimate of drug-likeness (QED) is 0.121. The van der Waals surface area contributed by atoms with Gasteiger partial charge in [0.2, 0.25) is 0 Å². The highest BCUT2D eigenvalue weighted by Crippen LogP contribution is 2.54. The van der Waals surface area contributed by atoms with Crippen LogP contribution in [0, 0.1) is 6.92 Å². The van der Waals surface area contributed by atoms with Crippen LogP contribution in [0.4, 0.5) is 0 Å². The largest absolute Gasteiger partial charge is 0.458 e. The molecule has 6 aliphatic rings. The van der Waals surface area contributed by atoms with Crippen molar-refractivity contribution in [1.82, 2.24) is 13.4 Å². The summed E-state index contributed by atoms with van der Waals surface area (Å²) in [5.74, 6) is 8.33. The molecular formula is C118H114B3N3O5.